The molecule has 4 nitrogen and oxygen atoms in total. The summed E-state index contributed by atoms with van der Waals surface area (Å²) in [7, 11) is 0. The van der Waals surface area contributed by atoms with E-state index < -0.39 is 0 Å². The molecule has 0 saturated heterocycles. The molecule has 0 heterocycles. The summed E-state index contributed by atoms with van der Waals surface area (Å²) < 4.78 is 0. The minimum atomic E-state index is -0.367. The van der Waals surface area contributed by atoms with Gasteiger partial charge in [-0.3, -0.25) is 5.43 Å². The van der Waals surface area contributed by atoms with Crippen molar-refractivity contribution in [2.24, 2.45) is 5.10 Å². The van der Waals surface area contributed by atoms with Crippen LogP contribution in [0.15, 0.2) is 35.4 Å². The van der Waals surface area contributed by atoms with Crippen molar-refractivity contribution in [3.63, 3.8) is 0 Å². The molecule has 2 aromatic rings. The number of nitrogens with zero attached hydrogens (tertiary/aromatic N) is 1. The molecule has 0 bridgehead atoms. The quantitative estimate of drug-likeness (QED) is 0.573. The number of rotatable bonds is 3. The molecular formula is C13H9Cl3N2O2. The molecule has 104 valence electrons. The van der Waals surface area contributed by atoms with Gasteiger partial charge in [0.15, 0.2) is 5.75 Å². The maximum atomic E-state index is 9.75. The molecule has 0 spiro atoms. The Morgan fingerprint density at radius 2 is 1.65 bits per heavy atom. The SMILES string of the molecule is Oc1c(Cl)cc(C=NNc2ccc(Cl)cc2)c(O)c1Cl. The van der Waals surface area contributed by atoms with Crippen LogP contribution in [0.2, 0.25) is 15.1 Å². The Balaban J connectivity index is 2.18. The summed E-state index contributed by atoms with van der Waals surface area (Å²) >= 11 is 17.2. The third-order valence-corrected chi connectivity index (χ3v) is 3.34. The highest BCUT2D eigenvalue weighted by molar-refractivity contribution is 6.38. The fraction of sp³-hybridized carbons (Fsp3) is 0. The molecule has 0 amide bonds. The summed E-state index contributed by atoms with van der Waals surface area (Å²) in [4.78, 5) is 0. The number of hydrogen-bond acceptors (Lipinski definition) is 4. The van der Waals surface area contributed by atoms with Gasteiger partial charge in [0.25, 0.3) is 0 Å². The highest BCUT2D eigenvalue weighted by Crippen LogP contribution is 2.40. The molecule has 0 fully saturated rings. The summed E-state index contributed by atoms with van der Waals surface area (Å²) in [6, 6.07) is 8.27. The molecule has 20 heavy (non-hydrogen) atoms. The zero-order valence-electron chi connectivity index (χ0n) is 9.94. The lowest BCUT2D eigenvalue weighted by atomic mass is 10.2. The molecule has 0 saturated carbocycles. The number of aromatic hydroxyl groups is 2. The number of hydrogen-bond donors (Lipinski definition) is 3. The van der Waals surface area contributed by atoms with E-state index in [0.717, 1.165) is 5.69 Å². The highest BCUT2D eigenvalue weighted by Gasteiger charge is 2.13. The molecule has 2 aromatic carbocycles. The van der Waals surface area contributed by atoms with E-state index in [4.69, 9.17) is 34.8 Å². The van der Waals surface area contributed by atoms with Crippen LogP contribution >= 0.6 is 34.8 Å². The number of phenolic OH excluding ortho intramolecular Hbond substituents is 2. The Morgan fingerprint density at radius 3 is 2.30 bits per heavy atom. The second kappa shape index (κ2) is 6.22. The minimum Gasteiger partial charge on any atom is -0.506 e. The number of anilines is 1. The summed E-state index contributed by atoms with van der Waals surface area (Å²) in [5.41, 5.74) is 3.75. The van der Waals surface area contributed by atoms with Crippen molar-refractivity contribution in [3.05, 3.63) is 51.0 Å². The van der Waals surface area contributed by atoms with E-state index in [-0.39, 0.29) is 27.1 Å². The lowest BCUT2D eigenvalue weighted by Gasteiger charge is -2.06. The number of hydrazone groups is 1. The summed E-state index contributed by atoms with van der Waals surface area (Å²) in [5, 5.41) is 23.6. The van der Waals surface area contributed by atoms with Gasteiger partial charge in [0.2, 0.25) is 0 Å². The Bertz CT molecular complexity index is 658. The van der Waals surface area contributed by atoms with Crippen LogP contribution in [0.1, 0.15) is 5.56 Å². The molecule has 2 rings (SSSR count). The average Bonchev–Trinajstić information content (AvgIpc) is 2.44. The summed E-state index contributed by atoms with van der Waals surface area (Å²) in [6.45, 7) is 0. The fourth-order valence-electron chi connectivity index (χ4n) is 1.42. The predicted octanol–water partition coefficient (Wildman–Crippen LogP) is 4.50. The van der Waals surface area contributed by atoms with Crippen molar-refractivity contribution in [3.8, 4) is 11.5 Å². The molecule has 0 unspecified atom stereocenters. The van der Waals surface area contributed by atoms with E-state index in [1.54, 1.807) is 24.3 Å². The van der Waals surface area contributed by atoms with Gasteiger partial charge in [-0.1, -0.05) is 34.8 Å². The van der Waals surface area contributed by atoms with Crippen LogP contribution < -0.4 is 5.43 Å². The number of benzene rings is 2. The predicted molar refractivity (Wildman–Crippen MR) is 82.5 cm³/mol. The van der Waals surface area contributed by atoms with Crippen LogP contribution in [0.3, 0.4) is 0 Å². The van der Waals surface area contributed by atoms with Gasteiger partial charge < -0.3 is 10.2 Å². The zero-order valence-corrected chi connectivity index (χ0v) is 12.2. The molecule has 0 aliphatic carbocycles. The molecule has 0 aliphatic rings. The van der Waals surface area contributed by atoms with Crippen molar-refractivity contribution in [2.45, 2.75) is 0 Å². The molecule has 0 radical (unpaired) electrons. The van der Waals surface area contributed by atoms with Crippen molar-refractivity contribution in [2.75, 3.05) is 5.43 Å². The van der Waals surface area contributed by atoms with Crippen molar-refractivity contribution < 1.29 is 10.2 Å². The minimum absolute atomic E-state index is 0.0285. The van der Waals surface area contributed by atoms with E-state index >= 15 is 0 Å². The molecular weight excluding hydrogens is 323 g/mol. The number of halogens is 3. The number of phenols is 2. The maximum Gasteiger partial charge on any atom is 0.156 e. The van der Waals surface area contributed by atoms with Gasteiger partial charge in [-0.2, -0.15) is 5.10 Å². The van der Waals surface area contributed by atoms with Crippen molar-refractivity contribution >= 4 is 46.7 Å². The van der Waals surface area contributed by atoms with Crippen LogP contribution in [-0.2, 0) is 0 Å². The zero-order chi connectivity index (χ0) is 14.7. The van der Waals surface area contributed by atoms with Gasteiger partial charge in [0.05, 0.1) is 16.9 Å². The Hall–Kier alpha value is -1.62. The Kier molecular flexibility index (Phi) is 4.60. The standard InChI is InChI=1S/C13H9Cl3N2O2/c14-8-1-3-9(4-2-8)18-17-6-7-5-10(15)13(20)11(16)12(7)19/h1-6,18-20H. The third kappa shape index (κ3) is 3.28. The van der Waals surface area contributed by atoms with E-state index in [0.29, 0.717) is 5.02 Å². The second-order valence-corrected chi connectivity index (χ2v) is 5.06. The number of nitrogens with one attached hydrogen (secondary N) is 1. The molecule has 0 aliphatic heterocycles. The van der Waals surface area contributed by atoms with Crippen LogP contribution in [-0.4, -0.2) is 16.4 Å². The first-order valence-corrected chi connectivity index (χ1v) is 6.57. The maximum absolute atomic E-state index is 9.75. The lowest BCUT2D eigenvalue weighted by molar-refractivity contribution is 0.450. The van der Waals surface area contributed by atoms with Gasteiger partial charge in [-0.15, -0.1) is 0 Å². The first-order chi connectivity index (χ1) is 9.49. The van der Waals surface area contributed by atoms with Crippen LogP contribution in [0.4, 0.5) is 5.69 Å². The summed E-state index contributed by atoms with van der Waals surface area (Å²) in [5.74, 6) is -0.663. The van der Waals surface area contributed by atoms with Gasteiger partial charge >= 0.3 is 0 Å². The average molecular weight is 332 g/mol. The largest absolute Gasteiger partial charge is 0.506 e. The fourth-order valence-corrected chi connectivity index (χ4v) is 2.01. The molecule has 7 heteroatoms. The van der Waals surface area contributed by atoms with E-state index in [1.807, 2.05) is 0 Å². The molecule has 0 atom stereocenters. The first kappa shape index (κ1) is 14.8. The van der Waals surface area contributed by atoms with E-state index in [2.05, 4.69) is 10.5 Å². The topological polar surface area (TPSA) is 64.9 Å². The van der Waals surface area contributed by atoms with Crippen molar-refractivity contribution in [1.82, 2.24) is 0 Å². The van der Waals surface area contributed by atoms with Gasteiger partial charge in [-0.05, 0) is 30.3 Å². The second-order valence-electron chi connectivity index (χ2n) is 3.84. The third-order valence-electron chi connectivity index (χ3n) is 2.44. The Labute approximate surface area is 130 Å². The van der Waals surface area contributed by atoms with Crippen LogP contribution in [0, 0.1) is 0 Å². The smallest absolute Gasteiger partial charge is 0.156 e. The van der Waals surface area contributed by atoms with Gasteiger partial charge in [0.1, 0.15) is 10.8 Å². The van der Waals surface area contributed by atoms with E-state index in [1.165, 1.54) is 12.3 Å². The molecule has 3 N–H and O–H groups in total. The monoisotopic (exact) mass is 330 g/mol. The highest BCUT2D eigenvalue weighted by atomic mass is 35.5. The normalized spacial score (nSPS) is 10.9. The molecule has 0 aromatic heterocycles. The van der Waals surface area contributed by atoms with Crippen LogP contribution in [0.25, 0.3) is 0 Å². The van der Waals surface area contributed by atoms with Gasteiger partial charge in [-0.25, -0.2) is 0 Å². The van der Waals surface area contributed by atoms with Gasteiger partial charge in [0, 0.05) is 10.6 Å². The van der Waals surface area contributed by atoms with Crippen LogP contribution in [0.5, 0.6) is 11.5 Å². The van der Waals surface area contributed by atoms with Crippen molar-refractivity contribution in [1.29, 1.82) is 0 Å². The lowest BCUT2D eigenvalue weighted by Crippen LogP contribution is -1.91. The van der Waals surface area contributed by atoms with E-state index in [9.17, 15) is 10.2 Å². The summed E-state index contributed by atoms with van der Waals surface area (Å²) in [6.07, 6.45) is 1.33. The first-order valence-electron chi connectivity index (χ1n) is 5.43. The Morgan fingerprint density at radius 1 is 1.00 bits per heavy atom.